The molecule has 0 bridgehead atoms. The summed E-state index contributed by atoms with van der Waals surface area (Å²) in [6.45, 7) is 1.84. The summed E-state index contributed by atoms with van der Waals surface area (Å²) in [5, 5.41) is 9.35. The van der Waals surface area contributed by atoms with Crippen LogP contribution in [-0.4, -0.2) is 40.4 Å². The average molecular weight is 369 g/mol. The van der Waals surface area contributed by atoms with Gasteiger partial charge in [0.05, 0.1) is 12.1 Å². The zero-order valence-corrected chi connectivity index (χ0v) is 15.5. The van der Waals surface area contributed by atoms with E-state index >= 15 is 0 Å². The van der Waals surface area contributed by atoms with Gasteiger partial charge in [-0.2, -0.15) is 0 Å². The van der Waals surface area contributed by atoms with Gasteiger partial charge in [-0.25, -0.2) is 0 Å². The van der Waals surface area contributed by atoms with E-state index in [4.69, 9.17) is 11.5 Å². The Bertz CT molecular complexity index is 745. The number of aryl methyl sites for hydroxylation is 1. The summed E-state index contributed by atoms with van der Waals surface area (Å²) in [6, 6.07) is 14.7. The van der Waals surface area contributed by atoms with Crippen LogP contribution in [0, 0.1) is 0 Å². The molecule has 2 aromatic carbocycles. The number of hydrogen-bond acceptors (Lipinski definition) is 5. The molecule has 5 N–H and O–H groups in total. The molecule has 2 rings (SSSR count). The maximum Gasteiger partial charge on any atom is 0.246 e. The molecule has 2 amide bonds. The number of nitrogens with zero attached hydrogens (tertiary/aromatic N) is 1. The van der Waals surface area contributed by atoms with Crippen molar-refractivity contribution in [1.29, 1.82) is 0 Å². The number of phenolic OH excluding ortho intramolecular Hbond substituents is 1. The largest absolute Gasteiger partial charge is 0.508 e. The van der Waals surface area contributed by atoms with Gasteiger partial charge in [0.1, 0.15) is 5.75 Å². The molecule has 0 aliphatic carbocycles. The highest BCUT2D eigenvalue weighted by Crippen LogP contribution is 2.12. The molecule has 0 aliphatic heterocycles. The van der Waals surface area contributed by atoms with Crippen LogP contribution in [-0.2, 0) is 22.4 Å². The highest BCUT2D eigenvalue weighted by atomic mass is 16.3. The van der Waals surface area contributed by atoms with Gasteiger partial charge in [-0.3, -0.25) is 14.5 Å². The molecule has 0 heterocycles. The first kappa shape index (κ1) is 20.6. The zero-order chi connectivity index (χ0) is 19.8. The molecule has 0 saturated carbocycles. The normalized spacial score (nSPS) is 13.0. The van der Waals surface area contributed by atoms with Crippen LogP contribution in [0.1, 0.15) is 24.5 Å². The van der Waals surface area contributed by atoms with Gasteiger partial charge in [0.15, 0.2) is 0 Å². The Labute approximate surface area is 159 Å². The van der Waals surface area contributed by atoms with Crippen molar-refractivity contribution in [3.63, 3.8) is 0 Å². The van der Waals surface area contributed by atoms with Gasteiger partial charge in [-0.05, 0) is 49.4 Å². The summed E-state index contributed by atoms with van der Waals surface area (Å²) in [6.07, 6.45) is 1.67. The molecule has 2 atom stereocenters. The second-order valence-electron chi connectivity index (χ2n) is 6.68. The molecule has 0 radical (unpaired) electrons. The van der Waals surface area contributed by atoms with Gasteiger partial charge in [0.2, 0.25) is 11.8 Å². The monoisotopic (exact) mass is 369 g/mol. The number of phenols is 1. The predicted molar refractivity (Wildman–Crippen MR) is 105 cm³/mol. The minimum atomic E-state index is -0.853. The molecule has 0 spiro atoms. The highest BCUT2D eigenvalue weighted by molar-refractivity contribution is 5.99. The van der Waals surface area contributed by atoms with Crippen molar-refractivity contribution in [2.24, 2.45) is 11.5 Å². The van der Waals surface area contributed by atoms with Crippen LogP contribution in [0.15, 0.2) is 54.6 Å². The van der Waals surface area contributed by atoms with Gasteiger partial charge in [-0.1, -0.05) is 42.5 Å². The van der Waals surface area contributed by atoms with Crippen molar-refractivity contribution in [2.45, 2.75) is 38.3 Å². The molecule has 2 aromatic rings. The Morgan fingerprint density at radius 2 is 1.59 bits per heavy atom. The Balaban J connectivity index is 2.01. The third-order valence-corrected chi connectivity index (χ3v) is 4.32. The molecule has 0 unspecified atom stereocenters. The lowest BCUT2D eigenvalue weighted by atomic mass is 10.0. The van der Waals surface area contributed by atoms with E-state index in [0.717, 1.165) is 17.5 Å². The lowest BCUT2D eigenvalue weighted by Crippen LogP contribution is -2.52. The van der Waals surface area contributed by atoms with Crippen LogP contribution in [0.4, 0.5) is 0 Å². The van der Waals surface area contributed by atoms with E-state index in [1.54, 1.807) is 19.1 Å². The number of carbonyl (C=O) groups excluding carboxylic acids is 2. The van der Waals surface area contributed by atoms with Crippen molar-refractivity contribution < 1.29 is 14.7 Å². The van der Waals surface area contributed by atoms with E-state index in [0.29, 0.717) is 6.42 Å². The minimum absolute atomic E-state index is 0.147. The van der Waals surface area contributed by atoms with Crippen molar-refractivity contribution in [3.05, 3.63) is 65.7 Å². The number of carbonyl (C=O) groups is 2. The van der Waals surface area contributed by atoms with Crippen LogP contribution in [0.2, 0.25) is 0 Å². The van der Waals surface area contributed by atoms with E-state index < -0.39 is 23.9 Å². The number of aromatic hydroxyl groups is 1. The summed E-state index contributed by atoms with van der Waals surface area (Å²) in [4.78, 5) is 26.4. The summed E-state index contributed by atoms with van der Waals surface area (Å²) in [7, 11) is 0. The molecule has 0 fully saturated rings. The van der Waals surface area contributed by atoms with Crippen LogP contribution in [0.3, 0.4) is 0 Å². The Morgan fingerprint density at radius 3 is 2.19 bits per heavy atom. The van der Waals surface area contributed by atoms with Gasteiger partial charge < -0.3 is 16.6 Å². The number of rotatable bonds is 8. The second-order valence-corrected chi connectivity index (χ2v) is 6.68. The first-order chi connectivity index (χ1) is 12.9. The zero-order valence-electron chi connectivity index (χ0n) is 15.5. The fourth-order valence-electron chi connectivity index (χ4n) is 2.83. The highest BCUT2D eigenvalue weighted by Gasteiger charge is 2.28. The molecule has 0 aliphatic rings. The van der Waals surface area contributed by atoms with E-state index in [1.165, 1.54) is 17.0 Å². The first-order valence-electron chi connectivity index (χ1n) is 9.06. The van der Waals surface area contributed by atoms with Crippen LogP contribution < -0.4 is 11.5 Å². The lowest BCUT2D eigenvalue weighted by Gasteiger charge is -2.25. The van der Waals surface area contributed by atoms with E-state index in [9.17, 15) is 14.7 Å². The Morgan fingerprint density at radius 1 is 0.963 bits per heavy atom. The third kappa shape index (κ3) is 6.20. The second kappa shape index (κ2) is 9.85. The molecule has 0 aromatic heterocycles. The number of amides is 2. The number of imide groups is 1. The van der Waals surface area contributed by atoms with Gasteiger partial charge in [-0.15, -0.1) is 0 Å². The fourth-order valence-corrected chi connectivity index (χ4v) is 2.83. The molecular weight excluding hydrogens is 342 g/mol. The van der Waals surface area contributed by atoms with E-state index in [-0.39, 0.29) is 18.7 Å². The number of benzene rings is 2. The maximum absolute atomic E-state index is 12.8. The summed E-state index contributed by atoms with van der Waals surface area (Å²) >= 11 is 0. The SMILES string of the molecule is C[C@@H](N)C(=O)N(CCCc1ccccc1)C(=O)[C@@H](N)Cc1ccc(O)cc1. The van der Waals surface area contributed by atoms with E-state index in [2.05, 4.69) is 0 Å². The quantitative estimate of drug-likeness (QED) is 0.655. The van der Waals surface area contributed by atoms with Crippen molar-refractivity contribution >= 4 is 11.8 Å². The van der Waals surface area contributed by atoms with E-state index in [1.807, 2.05) is 30.3 Å². The lowest BCUT2D eigenvalue weighted by molar-refractivity contribution is -0.146. The summed E-state index contributed by atoms with van der Waals surface area (Å²) in [5.74, 6) is -0.707. The molecule has 6 nitrogen and oxygen atoms in total. The maximum atomic E-state index is 12.8. The molecular formula is C21H27N3O3. The number of hydrogen-bond donors (Lipinski definition) is 3. The summed E-state index contributed by atoms with van der Waals surface area (Å²) < 4.78 is 0. The molecule has 0 saturated heterocycles. The predicted octanol–water partition coefficient (Wildman–Crippen LogP) is 1.60. The molecule has 27 heavy (non-hydrogen) atoms. The summed E-state index contributed by atoms with van der Waals surface area (Å²) in [5.41, 5.74) is 13.7. The topological polar surface area (TPSA) is 110 Å². The fraction of sp³-hybridized carbons (Fsp3) is 0.333. The van der Waals surface area contributed by atoms with Gasteiger partial charge in [0, 0.05) is 6.54 Å². The molecule has 6 heteroatoms. The number of nitrogens with two attached hydrogens (primary N) is 2. The van der Waals surface area contributed by atoms with Gasteiger partial charge in [0.25, 0.3) is 0 Å². The van der Waals surface area contributed by atoms with Crippen LogP contribution in [0.25, 0.3) is 0 Å². The van der Waals surface area contributed by atoms with Gasteiger partial charge >= 0.3 is 0 Å². The van der Waals surface area contributed by atoms with Crippen LogP contribution >= 0.6 is 0 Å². The minimum Gasteiger partial charge on any atom is -0.508 e. The van der Waals surface area contributed by atoms with Crippen molar-refractivity contribution in [1.82, 2.24) is 4.90 Å². The average Bonchev–Trinajstić information content (AvgIpc) is 2.66. The van der Waals surface area contributed by atoms with Crippen LogP contribution in [0.5, 0.6) is 5.75 Å². The first-order valence-corrected chi connectivity index (χ1v) is 9.06. The standard InChI is InChI=1S/C21H27N3O3/c1-15(22)20(26)24(13-5-8-16-6-3-2-4-7-16)21(27)19(23)14-17-9-11-18(25)12-10-17/h2-4,6-7,9-12,15,19,25H,5,8,13-14,22-23H2,1H3/t15-,19+/m1/s1. The third-order valence-electron chi connectivity index (χ3n) is 4.32. The Kier molecular flexibility index (Phi) is 7.52. The van der Waals surface area contributed by atoms with Crippen molar-refractivity contribution in [3.8, 4) is 5.75 Å². The smallest absolute Gasteiger partial charge is 0.246 e. The molecule has 144 valence electrons. The Hall–Kier alpha value is -2.70. The van der Waals surface area contributed by atoms with Crippen molar-refractivity contribution in [2.75, 3.05) is 6.54 Å².